The van der Waals surface area contributed by atoms with Crippen molar-refractivity contribution >= 4 is 0 Å². The highest BCUT2D eigenvalue weighted by Gasteiger charge is 2.28. The summed E-state index contributed by atoms with van der Waals surface area (Å²) < 4.78 is 11.4. The van der Waals surface area contributed by atoms with Crippen molar-refractivity contribution in [3.8, 4) is 0 Å². The summed E-state index contributed by atoms with van der Waals surface area (Å²) in [6.45, 7) is 8.01. The molecule has 110 valence electrons. The summed E-state index contributed by atoms with van der Waals surface area (Å²) in [7, 11) is 0. The van der Waals surface area contributed by atoms with E-state index >= 15 is 0 Å². The summed E-state index contributed by atoms with van der Waals surface area (Å²) in [6.07, 6.45) is 10.0. The minimum absolute atomic E-state index is 0.449. The first kappa shape index (κ1) is 17.9. The molecule has 3 heteroatoms. The summed E-state index contributed by atoms with van der Waals surface area (Å²) >= 11 is 0. The van der Waals surface area contributed by atoms with Crippen molar-refractivity contribution in [3.63, 3.8) is 0 Å². The zero-order valence-corrected chi connectivity index (χ0v) is 12.7. The average Bonchev–Trinajstić information content (AvgIpc) is 2.38. The molecule has 2 N–H and O–H groups in total. The van der Waals surface area contributed by atoms with Crippen LogP contribution in [0.25, 0.3) is 0 Å². The van der Waals surface area contributed by atoms with Gasteiger partial charge in [-0.1, -0.05) is 45.4 Å². The van der Waals surface area contributed by atoms with Gasteiger partial charge in [-0.15, -0.1) is 0 Å². The molecule has 0 aromatic rings. The lowest BCUT2D eigenvalue weighted by Gasteiger charge is -2.32. The quantitative estimate of drug-likeness (QED) is 0.403. The van der Waals surface area contributed by atoms with Crippen molar-refractivity contribution in [2.24, 2.45) is 5.73 Å². The second-order valence-electron chi connectivity index (χ2n) is 4.85. The summed E-state index contributed by atoms with van der Waals surface area (Å²) in [6, 6.07) is 0. The molecule has 0 rings (SSSR count). The molecular formula is C15H33NO2. The number of hydrogen-bond donors (Lipinski definition) is 1. The van der Waals surface area contributed by atoms with E-state index < -0.39 is 5.79 Å². The van der Waals surface area contributed by atoms with Crippen LogP contribution in [0.3, 0.4) is 0 Å². The predicted molar refractivity (Wildman–Crippen MR) is 77.6 cm³/mol. The van der Waals surface area contributed by atoms with Crippen LogP contribution < -0.4 is 5.73 Å². The molecule has 0 atom stereocenters. The standard InChI is InChI=1S/C15H33NO2/c1-4-7-8-9-10-11-12-13-15(14-16,17-5-2)18-6-3/h4-14,16H2,1-3H3. The summed E-state index contributed by atoms with van der Waals surface area (Å²) in [5.41, 5.74) is 5.81. The van der Waals surface area contributed by atoms with Crippen molar-refractivity contribution in [1.82, 2.24) is 0 Å². The van der Waals surface area contributed by atoms with E-state index in [2.05, 4.69) is 6.92 Å². The molecule has 0 fully saturated rings. The topological polar surface area (TPSA) is 44.5 Å². The molecule has 0 aliphatic rings. The van der Waals surface area contributed by atoms with E-state index in [1.54, 1.807) is 0 Å². The van der Waals surface area contributed by atoms with Crippen LogP contribution in [0.4, 0.5) is 0 Å². The van der Waals surface area contributed by atoms with Gasteiger partial charge in [0.25, 0.3) is 0 Å². The van der Waals surface area contributed by atoms with Gasteiger partial charge in [0, 0.05) is 26.2 Å². The predicted octanol–water partition coefficient (Wildman–Crippen LogP) is 3.86. The monoisotopic (exact) mass is 259 g/mol. The lowest BCUT2D eigenvalue weighted by atomic mass is 10.0. The van der Waals surface area contributed by atoms with Gasteiger partial charge in [0.05, 0.1) is 0 Å². The van der Waals surface area contributed by atoms with Crippen LogP contribution in [0.2, 0.25) is 0 Å². The Labute approximate surface area is 113 Å². The van der Waals surface area contributed by atoms with Gasteiger partial charge in [0.2, 0.25) is 0 Å². The van der Waals surface area contributed by atoms with Gasteiger partial charge in [-0.05, 0) is 20.3 Å². The molecule has 3 nitrogen and oxygen atoms in total. The zero-order chi connectivity index (χ0) is 13.7. The molecule has 0 aromatic heterocycles. The van der Waals surface area contributed by atoms with E-state index in [-0.39, 0.29) is 0 Å². The molecule has 0 unspecified atom stereocenters. The highest BCUT2D eigenvalue weighted by atomic mass is 16.7. The molecule has 0 aliphatic heterocycles. The fourth-order valence-electron chi connectivity index (χ4n) is 2.28. The molecule has 0 heterocycles. The van der Waals surface area contributed by atoms with Gasteiger partial charge in [-0.25, -0.2) is 0 Å². The lowest BCUT2D eigenvalue weighted by molar-refractivity contribution is -0.230. The van der Waals surface area contributed by atoms with Crippen molar-refractivity contribution < 1.29 is 9.47 Å². The van der Waals surface area contributed by atoms with Gasteiger partial charge >= 0.3 is 0 Å². The molecule has 0 radical (unpaired) electrons. The smallest absolute Gasteiger partial charge is 0.180 e. The maximum Gasteiger partial charge on any atom is 0.180 e. The minimum Gasteiger partial charge on any atom is -0.349 e. The Balaban J connectivity index is 3.75. The zero-order valence-electron chi connectivity index (χ0n) is 12.7. The van der Waals surface area contributed by atoms with E-state index in [1.807, 2.05) is 13.8 Å². The largest absolute Gasteiger partial charge is 0.349 e. The van der Waals surface area contributed by atoms with Gasteiger partial charge in [-0.2, -0.15) is 0 Å². The van der Waals surface area contributed by atoms with E-state index in [9.17, 15) is 0 Å². The molecule has 0 saturated carbocycles. The Kier molecular flexibility index (Phi) is 11.9. The van der Waals surface area contributed by atoms with Gasteiger partial charge in [0.15, 0.2) is 5.79 Å². The highest BCUT2D eigenvalue weighted by molar-refractivity contribution is 4.71. The van der Waals surface area contributed by atoms with Crippen molar-refractivity contribution in [2.75, 3.05) is 19.8 Å². The molecule has 0 saturated heterocycles. The summed E-state index contributed by atoms with van der Waals surface area (Å²) in [5, 5.41) is 0. The van der Waals surface area contributed by atoms with E-state index in [1.165, 1.54) is 38.5 Å². The maximum atomic E-state index is 5.81. The first-order valence-corrected chi connectivity index (χ1v) is 7.72. The fraction of sp³-hybridized carbons (Fsp3) is 1.00. The fourth-order valence-corrected chi connectivity index (χ4v) is 2.28. The summed E-state index contributed by atoms with van der Waals surface area (Å²) in [4.78, 5) is 0. The number of ether oxygens (including phenoxy) is 2. The average molecular weight is 259 g/mol. The third-order valence-electron chi connectivity index (χ3n) is 3.29. The Morgan fingerprint density at radius 2 is 1.28 bits per heavy atom. The van der Waals surface area contributed by atoms with Crippen molar-refractivity contribution in [2.45, 2.75) is 77.9 Å². The molecule has 0 amide bonds. The van der Waals surface area contributed by atoms with Crippen LogP contribution in [0.1, 0.15) is 72.1 Å². The first-order chi connectivity index (χ1) is 8.74. The van der Waals surface area contributed by atoms with E-state index in [4.69, 9.17) is 15.2 Å². The van der Waals surface area contributed by atoms with Crippen LogP contribution in [0, 0.1) is 0 Å². The molecule has 0 bridgehead atoms. The van der Waals surface area contributed by atoms with Crippen LogP contribution in [-0.4, -0.2) is 25.5 Å². The minimum atomic E-state index is -0.535. The second-order valence-corrected chi connectivity index (χ2v) is 4.85. The first-order valence-electron chi connectivity index (χ1n) is 7.72. The molecule has 0 spiro atoms. The van der Waals surface area contributed by atoms with Crippen LogP contribution >= 0.6 is 0 Å². The molecule has 0 aromatic carbocycles. The van der Waals surface area contributed by atoms with E-state index in [0.717, 1.165) is 12.8 Å². The number of unbranched alkanes of at least 4 members (excludes halogenated alkanes) is 6. The van der Waals surface area contributed by atoms with Gasteiger partial charge in [-0.3, -0.25) is 0 Å². The van der Waals surface area contributed by atoms with Crippen molar-refractivity contribution in [1.29, 1.82) is 0 Å². The third kappa shape index (κ3) is 8.06. The summed E-state index contributed by atoms with van der Waals surface area (Å²) in [5.74, 6) is -0.535. The second kappa shape index (κ2) is 11.9. The Hall–Kier alpha value is -0.120. The van der Waals surface area contributed by atoms with Crippen LogP contribution in [-0.2, 0) is 9.47 Å². The molecular weight excluding hydrogens is 226 g/mol. The van der Waals surface area contributed by atoms with E-state index in [0.29, 0.717) is 19.8 Å². The van der Waals surface area contributed by atoms with Crippen molar-refractivity contribution in [3.05, 3.63) is 0 Å². The maximum absolute atomic E-state index is 5.81. The Morgan fingerprint density at radius 3 is 1.72 bits per heavy atom. The number of nitrogens with two attached hydrogens (primary N) is 1. The molecule has 18 heavy (non-hydrogen) atoms. The third-order valence-corrected chi connectivity index (χ3v) is 3.29. The normalized spacial score (nSPS) is 12.0. The molecule has 0 aliphatic carbocycles. The number of hydrogen-bond acceptors (Lipinski definition) is 3. The van der Waals surface area contributed by atoms with Gasteiger partial charge in [0.1, 0.15) is 0 Å². The SMILES string of the molecule is CCCCCCCCCC(CN)(OCC)OCC. The Bertz CT molecular complexity index is 168. The van der Waals surface area contributed by atoms with Crippen LogP contribution in [0.15, 0.2) is 0 Å². The van der Waals surface area contributed by atoms with Crippen LogP contribution in [0.5, 0.6) is 0 Å². The number of rotatable bonds is 13. The lowest BCUT2D eigenvalue weighted by Crippen LogP contribution is -2.43. The van der Waals surface area contributed by atoms with Gasteiger partial charge < -0.3 is 15.2 Å². The Morgan fingerprint density at radius 1 is 0.778 bits per heavy atom. The highest BCUT2D eigenvalue weighted by Crippen LogP contribution is 2.21.